The van der Waals surface area contributed by atoms with E-state index < -0.39 is 6.17 Å². The number of aliphatic imine (C=N–C) groups is 2. The molecule has 0 unspecified atom stereocenters. The predicted octanol–water partition coefficient (Wildman–Crippen LogP) is 11.6. The zero-order valence-electron chi connectivity index (χ0n) is 26.6. The van der Waals surface area contributed by atoms with Crippen LogP contribution in [0.4, 0.5) is 0 Å². The molecule has 8 aromatic rings. The Morgan fingerprint density at radius 2 is 0.857 bits per heavy atom. The van der Waals surface area contributed by atoms with Gasteiger partial charge < -0.3 is 5.32 Å². The van der Waals surface area contributed by atoms with E-state index in [0.717, 1.165) is 39.5 Å². The lowest BCUT2D eigenvalue weighted by atomic mass is 9.94. The number of amidine groups is 2. The first-order valence-corrected chi connectivity index (χ1v) is 17.3. The molecule has 2 heterocycles. The minimum Gasteiger partial charge on any atom is -0.324 e. The normalized spacial score (nSPS) is 13.2. The first-order valence-electron chi connectivity index (χ1n) is 16.5. The van der Waals surface area contributed by atoms with Gasteiger partial charge in [0.2, 0.25) is 0 Å². The highest BCUT2D eigenvalue weighted by Crippen LogP contribution is 2.43. The molecule has 0 atom stereocenters. The maximum absolute atomic E-state index is 5.30. The Labute approximate surface area is 289 Å². The molecule has 7 aromatic carbocycles. The van der Waals surface area contributed by atoms with Crippen LogP contribution in [0.1, 0.15) is 22.9 Å². The smallest absolute Gasteiger partial charge is 0.170 e. The Morgan fingerprint density at radius 1 is 0.388 bits per heavy atom. The molecule has 0 saturated heterocycles. The van der Waals surface area contributed by atoms with E-state index >= 15 is 0 Å². The van der Waals surface area contributed by atoms with E-state index in [1.165, 1.54) is 42.4 Å². The lowest BCUT2D eigenvalue weighted by molar-refractivity contribution is 0.763. The molecule has 0 bridgehead atoms. The van der Waals surface area contributed by atoms with Crippen molar-refractivity contribution in [2.24, 2.45) is 9.98 Å². The second kappa shape index (κ2) is 12.5. The maximum Gasteiger partial charge on any atom is 0.170 e. The largest absolute Gasteiger partial charge is 0.324 e. The van der Waals surface area contributed by atoms with Crippen molar-refractivity contribution in [1.82, 2.24) is 5.32 Å². The summed E-state index contributed by atoms with van der Waals surface area (Å²) in [6.07, 6.45) is -0.433. The summed E-state index contributed by atoms with van der Waals surface area (Å²) in [5, 5.41) is 6.01. The fraction of sp³-hybridized carbons (Fsp3) is 0.0222. The topological polar surface area (TPSA) is 36.8 Å². The molecule has 1 N–H and O–H groups in total. The van der Waals surface area contributed by atoms with Gasteiger partial charge in [-0.1, -0.05) is 146 Å². The second-order valence-electron chi connectivity index (χ2n) is 12.3. The number of nitrogens with zero attached hydrogens (tertiary/aromatic N) is 2. The molecule has 49 heavy (non-hydrogen) atoms. The number of hydrogen-bond acceptors (Lipinski definition) is 4. The quantitative estimate of drug-likeness (QED) is 0.192. The number of thiophene rings is 1. The molecular formula is C45H31N3S. The molecule has 0 fully saturated rings. The number of rotatable bonds is 6. The molecule has 9 rings (SSSR count). The van der Waals surface area contributed by atoms with Crippen LogP contribution in [0.25, 0.3) is 53.6 Å². The van der Waals surface area contributed by atoms with Crippen molar-refractivity contribution in [3.05, 3.63) is 193 Å². The fourth-order valence-electron chi connectivity index (χ4n) is 6.72. The first kappa shape index (κ1) is 29.1. The van der Waals surface area contributed by atoms with Gasteiger partial charge in [0.15, 0.2) is 6.17 Å². The molecule has 0 aliphatic carbocycles. The summed E-state index contributed by atoms with van der Waals surface area (Å²) in [4.78, 5) is 10.6. The summed E-state index contributed by atoms with van der Waals surface area (Å²) < 4.78 is 2.49. The zero-order chi connectivity index (χ0) is 32.6. The van der Waals surface area contributed by atoms with Crippen LogP contribution in [0.3, 0.4) is 0 Å². The van der Waals surface area contributed by atoms with Crippen molar-refractivity contribution < 1.29 is 0 Å². The van der Waals surface area contributed by atoms with Crippen LogP contribution in [-0.4, -0.2) is 11.7 Å². The lowest BCUT2D eigenvalue weighted by Crippen LogP contribution is -2.36. The molecule has 1 aliphatic heterocycles. The van der Waals surface area contributed by atoms with E-state index in [2.05, 4.69) is 169 Å². The minimum absolute atomic E-state index is 0.433. The van der Waals surface area contributed by atoms with Crippen molar-refractivity contribution >= 4 is 43.2 Å². The Bertz CT molecular complexity index is 2460. The molecule has 0 amide bonds. The third-order valence-electron chi connectivity index (χ3n) is 9.12. The Kier molecular flexibility index (Phi) is 7.41. The summed E-state index contributed by atoms with van der Waals surface area (Å²) in [6, 6.07) is 62.3. The average Bonchev–Trinajstić information content (AvgIpc) is 3.57. The number of fused-ring (bicyclic) bond motifs is 3. The van der Waals surface area contributed by atoms with Gasteiger partial charge in [-0.15, -0.1) is 11.3 Å². The Balaban J connectivity index is 1.22. The summed E-state index contributed by atoms with van der Waals surface area (Å²) in [7, 11) is 0. The Hall–Kier alpha value is -6.10. The van der Waals surface area contributed by atoms with Crippen molar-refractivity contribution in [3.8, 4) is 33.4 Å². The number of benzene rings is 7. The highest BCUT2D eigenvalue weighted by Gasteiger charge is 2.24. The van der Waals surface area contributed by atoms with Gasteiger partial charge in [0.05, 0.1) is 0 Å². The standard InChI is InChI=1S/C45H31N3S/c1-4-14-30(15-5-1)33-20-12-21-34(26-33)35-22-13-23-36(27-35)37-28-39(42-38-24-10-11-25-40(38)49-41(42)29-37)45-47-43(31-16-6-2-7-17-31)46-44(48-45)32-18-8-3-9-19-32/h1-29,45H,(H,46,47,48). The van der Waals surface area contributed by atoms with Crippen LogP contribution in [-0.2, 0) is 0 Å². The van der Waals surface area contributed by atoms with E-state index in [1.54, 1.807) is 0 Å². The van der Waals surface area contributed by atoms with Crippen LogP contribution < -0.4 is 5.32 Å². The van der Waals surface area contributed by atoms with Gasteiger partial charge in [0, 0.05) is 36.9 Å². The maximum atomic E-state index is 5.30. The summed E-state index contributed by atoms with van der Waals surface area (Å²) in [5.74, 6) is 1.63. The minimum atomic E-state index is -0.433. The molecule has 0 spiro atoms. The molecule has 3 nitrogen and oxygen atoms in total. The summed E-state index contributed by atoms with van der Waals surface area (Å²) in [6.45, 7) is 0. The van der Waals surface area contributed by atoms with E-state index in [4.69, 9.17) is 9.98 Å². The molecule has 1 aliphatic rings. The van der Waals surface area contributed by atoms with E-state index in [1.807, 2.05) is 23.5 Å². The van der Waals surface area contributed by atoms with E-state index in [-0.39, 0.29) is 0 Å². The SMILES string of the molecule is c1ccc(C2=NC(c3cc(-c4cccc(-c5cccc(-c6ccccc6)c5)c4)cc4sc5ccccc5c34)N=C(c3ccccc3)N2)cc1. The van der Waals surface area contributed by atoms with Gasteiger partial charge in [0.1, 0.15) is 11.7 Å². The van der Waals surface area contributed by atoms with Gasteiger partial charge in [-0.05, 0) is 63.7 Å². The van der Waals surface area contributed by atoms with Crippen LogP contribution in [0, 0.1) is 0 Å². The Morgan fingerprint density at radius 3 is 1.45 bits per heavy atom. The highest BCUT2D eigenvalue weighted by atomic mass is 32.1. The number of nitrogens with one attached hydrogen (secondary N) is 1. The van der Waals surface area contributed by atoms with Crippen molar-refractivity contribution in [1.29, 1.82) is 0 Å². The fourth-order valence-corrected chi connectivity index (χ4v) is 7.90. The third kappa shape index (κ3) is 5.62. The predicted molar refractivity (Wildman–Crippen MR) is 207 cm³/mol. The number of hydrogen-bond donors (Lipinski definition) is 1. The first-order chi connectivity index (χ1) is 24.3. The van der Waals surface area contributed by atoms with Crippen molar-refractivity contribution in [2.75, 3.05) is 0 Å². The average molecular weight is 646 g/mol. The van der Waals surface area contributed by atoms with Gasteiger partial charge in [0.25, 0.3) is 0 Å². The van der Waals surface area contributed by atoms with Crippen LogP contribution >= 0.6 is 11.3 Å². The van der Waals surface area contributed by atoms with Crippen molar-refractivity contribution in [2.45, 2.75) is 6.17 Å². The molecule has 0 radical (unpaired) electrons. The summed E-state index contributed by atoms with van der Waals surface area (Å²) >= 11 is 1.83. The molecular weight excluding hydrogens is 615 g/mol. The second-order valence-corrected chi connectivity index (χ2v) is 13.3. The zero-order valence-corrected chi connectivity index (χ0v) is 27.4. The van der Waals surface area contributed by atoms with Gasteiger partial charge >= 0.3 is 0 Å². The van der Waals surface area contributed by atoms with E-state index in [9.17, 15) is 0 Å². The molecule has 0 saturated carbocycles. The van der Waals surface area contributed by atoms with Crippen LogP contribution in [0.15, 0.2) is 186 Å². The lowest BCUT2D eigenvalue weighted by Gasteiger charge is -2.23. The monoisotopic (exact) mass is 645 g/mol. The molecule has 4 heteroatoms. The summed E-state index contributed by atoms with van der Waals surface area (Å²) in [5.41, 5.74) is 10.3. The van der Waals surface area contributed by atoms with Crippen molar-refractivity contribution in [3.63, 3.8) is 0 Å². The third-order valence-corrected chi connectivity index (χ3v) is 10.2. The van der Waals surface area contributed by atoms with Crippen LogP contribution in [0.5, 0.6) is 0 Å². The van der Waals surface area contributed by atoms with Gasteiger partial charge in [-0.2, -0.15) is 0 Å². The van der Waals surface area contributed by atoms with Gasteiger partial charge in [-0.25, -0.2) is 9.98 Å². The molecule has 232 valence electrons. The van der Waals surface area contributed by atoms with E-state index in [0.29, 0.717) is 0 Å². The highest BCUT2D eigenvalue weighted by molar-refractivity contribution is 7.25. The van der Waals surface area contributed by atoms with Gasteiger partial charge in [-0.3, -0.25) is 0 Å². The molecule has 1 aromatic heterocycles. The van der Waals surface area contributed by atoms with Crippen LogP contribution in [0.2, 0.25) is 0 Å².